The van der Waals surface area contributed by atoms with E-state index in [4.69, 9.17) is 23.2 Å². The molecule has 0 aliphatic carbocycles. The maximum absolute atomic E-state index is 13.1. The fourth-order valence-corrected chi connectivity index (χ4v) is 3.67. The van der Waals surface area contributed by atoms with Crippen molar-refractivity contribution in [3.63, 3.8) is 0 Å². The first-order valence-corrected chi connectivity index (χ1v) is 9.82. The Labute approximate surface area is 181 Å². The van der Waals surface area contributed by atoms with Crippen LogP contribution < -0.4 is 5.56 Å². The number of nitro benzene ring substituents is 1. The number of hydrogen-bond donors (Lipinski definition) is 0. The maximum atomic E-state index is 13.1. The summed E-state index contributed by atoms with van der Waals surface area (Å²) < 4.78 is 1.39. The zero-order valence-electron chi connectivity index (χ0n) is 16.4. The Morgan fingerprint density at radius 1 is 1.27 bits per heavy atom. The lowest BCUT2D eigenvalue weighted by molar-refractivity contribution is -0.384. The highest BCUT2D eigenvalue weighted by molar-refractivity contribution is 6.32. The molecule has 0 N–H and O–H groups in total. The van der Waals surface area contributed by atoms with Gasteiger partial charge in [0.05, 0.1) is 21.9 Å². The Balaban J connectivity index is 2.06. The molecule has 3 rings (SSSR count). The highest BCUT2D eigenvalue weighted by atomic mass is 35.5. The highest BCUT2D eigenvalue weighted by Gasteiger charge is 2.27. The number of carbonyl (C=O) groups excluding carboxylic acids is 1. The van der Waals surface area contributed by atoms with Crippen molar-refractivity contribution in [1.82, 2.24) is 14.5 Å². The third-order valence-electron chi connectivity index (χ3n) is 4.91. The summed E-state index contributed by atoms with van der Waals surface area (Å²) in [5.74, 6) is -0.0707. The van der Waals surface area contributed by atoms with Gasteiger partial charge in [0.15, 0.2) is 0 Å². The van der Waals surface area contributed by atoms with E-state index in [2.05, 4.69) is 4.98 Å². The molecule has 1 heterocycles. The molecule has 1 amide bonds. The number of amides is 1. The van der Waals surface area contributed by atoms with E-state index in [9.17, 15) is 19.7 Å². The van der Waals surface area contributed by atoms with Crippen LogP contribution in [0.3, 0.4) is 0 Å². The third-order valence-corrected chi connectivity index (χ3v) is 5.46. The van der Waals surface area contributed by atoms with E-state index in [1.165, 1.54) is 21.6 Å². The van der Waals surface area contributed by atoms with Crippen LogP contribution in [0.15, 0.2) is 41.2 Å². The first kappa shape index (κ1) is 21.7. The van der Waals surface area contributed by atoms with Gasteiger partial charge in [0.1, 0.15) is 10.8 Å². The molecular weight excluding hydrogens is 431 g/mol. The quantitative estimate of drug-likeness (QED) is 0.426. The molecule has 10 heteroatoms. The van der Waals surface area contributed by atoms with Crippen molar-refractivity contribution >= 4 is 45.7 Å². The van der Waals surface area contributed by atoms with Crippen LogP contribution in [0.5, 0.6) is 0 Å². The van der Waals surface area contributed by atoms with Crippen LogP contribution in [0, 0.1) is 10.1 Å². The van der Waals surface area contributed by atoms with Crippen LogP contribution in [-0.4, -0.2) is 31.8 Å². The first-order valence-electron chi connectivity index (χ1n) is 9.06. The summed E-state index contributed by atoms with van der Waals surface area (Å²) in [5.41, 5.74) is -0.0621. The lowest BCUT2D eigenvalue weighted by Crippen LogP contribution is -2.37. The molecule has 0 saturated carbocycles. The van der Waals surface area contributed by atoms with Gasteiger partial charge in [-0.15, -0.1) is 0 Å². The molecule has 8 nitrogen and oxygen atoms in total. The monoisotopic (exact) mass is 448 g/mol. The predicted molar refractivity (Wildman–Crippen MR) is 115 cm³/mol. The number of halogens is 2. The second-order valence-electron chi connectivity index (χ2n) is 6.69. The Hall–Kier alpha value is -2.97. The van der Waals surface area contributed by atoms with Crippen LogP contribution in [0.25, 0.3) is 10.9 Å². The molecule has 3 aromatic rings. The summed E-state index contributed by atoms with van der Waals surface area (Å²) in [5, 5.41) is 12.0. The first-order chi connectivity index (χ1) is 14.1. The molecule has 1 unspecified atom stereocenters. The second kappa shape index (κ2) is 8.41. The van der Waals surface area contributed by atoms with E-state index in [1.807, 2.05) is 0 Å². The molecule has 1 atom stereocenters. The minimum atomic E-state index is -0.642. The number of nitro groups is 1. The third kappa shape index (κ3) is 3.88. The number of aromatic nitrogens is 2. The average molecular weight is 449 g/mol. The molecule has 0 spiro atoms. The van der Waals surface area contributed by atoms with E-state index in [0.717, 1.165) is 6.07 Å². The van der Waals surface area contributed by atoms with Crippen molar-refractivity contribution in [1.29, 1.82) is 0 Å². The zero-order valence-corrected chi connectivity index (χ0v) is 17.9. The van der Waals surface area contributed by atoms with Crippen LogP contribution in [0.4, 0.5) is 5.69 Å². The smallest absolute Gasteiger partial charge is 0.288 e. The normalized spacial score (nSPS) is 12.0. The van der Waals surface area contributed by atoms with Crippen molar-refractivity contribution in [2.45, 2.75) is 19.9 Å². The second-order valence-corrected chi connectivity index (χ2v) is 7.53. The molecule has 156 valence electrons. The van der Waals surface area contributed by atoms with Gasteiger partial charge in [0.2, 0.25) is 0 Å². The Bertz CT molecular complexity index is 1230. The van der Waals surface area contributed by atoms with E-state index >= 15 is 0 Å². The number of carbonyl (C=O) groups is 1. The van der Waals surface area contributed by atoms with Crippen LogP contribution >= 0.6 is 23.2 Å². The van der Waals surface area contributed by atoms with Crippen molar-refractivity contribution in [3.8, 4) is 0 Å². The number of fused-ring (bicyclic) bond motifs is 1. The highest BCUT2D eigenvalue weighted by Crippen LogP contribution is 2.28. The van der Waals surface area contributed by atoms with Gasteiger partial charge in [0.25, 0.3) is 17.2 Å². The number of rotatable bonds is 5. The molecule has 0 aliphatic heterocycles. The summed E-state index contributed by atoms with van der Waals surface area (Å²) in [6, 6.07) is 8.12. The van der Waals surface area contributed by atoms with Gasteiger partial charge in [-0.3, -0.25) is 24.3 Å². The molecule has 2 aromatic carbocycles. The Morgan fingerprint density at radius 2 is 1.97 bits per heavy atom. The molecule has 0 radical (unpaired) electrons. The van der Waals surface area contributed by atoms with Crippen LogP contribution in [0.2, 0.25) is 10.0 Å². The summed E-state index contributed by atoms with van der Waals surface area (Å²) in [7, 11) is 1.58. The van der Waals surface area contributed by atoms with Gasteiger partial charge < -0.3 is 4.90 Å². The number of nitrogens with zero attached hydrogens (tertiary/aromatic N) is 4. The number of hydrogen-bond acceptors (Lipinski definition) is 5. The van der Waals surface area contributed by atoms with Crippen molar-refractivity contribution in [2.75, 3.05) is 6.54 Å². The molecule has 0 bridgehead atoms. The number of benzene rings is 2. The largest absolute Gasteiger partial charge is 0.329 e. The molecule has 30 heavy (non-hydrogen) atoms. The summed E-state index contributed by atoms with van der Waals surface area (Å²) in [6.07, 6.45) is 0. The molecular formula is C20H18Cl2N4O4. The topological polar surface area (TPSA) is 98.3 Å². The SMILES string of the molecule is CCN(C(=O)c1ccc(Cl)c([N+](=O)[O-])c1)C(C)c1nc2cc(Cl)ccc2c(=O)n1C. The van der Waals surface area contributed by atoms with Crippen LogP contribution in [-0.2, 0) is 7.05 Å². The van der Waals surface area contributed by atoms with Gasteiger partial charge in [0, 0.05) is 30.2 Å². The summed E-state index contributed by atoms with van der Waals surface area (Å²) >= 11 is 11.9. The van der Waals surface area contributed by atoms with Crippen molar-refractivity contribution in [3.05, 3.63) is 78.3 Å². The summed E-state index contributed by atoms with van der Waals surface area (Å²) in [4.78, 5) is 42.4. The minimum absolute atomic E-state index is 0.0527. The Kier molecular flexibility index (Phi) is 6.09. The van der Waals surface area contributed by atoms with Gasteiger partial charge in [-0.1, -0.05) is 23.2 Å². The van der Waals surface area contributed by atoms with Gasteiger partial charge >= 0.3 is 0 Å². The van der Waals surface area contributed by atoms with Crippen molar-refractivity contribution in [2.24, 2.45) is 7.05 Å². The lowest BCUT2D eigenvalue weighted by Gasteiger charge is -2.29. The van der Waals surface area contributed by atoms with Gasteiger partial charge in [-0.25, -0.2) is 4.98 Å². The van der Waals surface area contributed by atoms with E-state index in [1.54, 1.807) is 39.1 Å². The molecule has 0 saturated heterocycles. The fourth-order valence-electron chi connectivity index (χ4n) is 3.32. The lowest BCUT2D eigenvalue weighted by atomic mass is 10.1. The molecule has 0 fully saturated rings. The minimum Gasteiger partial charge on any atom is -0.329 e. The van der Waals surface area contributed by atoms with E-state index < -0.39 is 16.9 Å². The van der Waals surface area contributed by atoms with Gasteiger partial charge in [-0.05, 0) is 44.2 Å². The van der Waals surface area contributed by atoms with Crippen molar-refractivity contribution < 1.29 is 9.72 Å². The standard InChI is InChI=1S/C20H18Cl2N4O4/c1-4-25(19(27)12-5-8-15(22)17(9-12)26(29)30)11(2)18-23-16-10-13(21)6-7-14(16)20(28)24(18)3/h5-11H,4H2,1-3H3. The van der Waals surface area contributed by atoms with E-state index in [-0.39, 0.29) is 21.8 Å². The average Bonchev–Trinajstić information content (AvgIpc) is 2.70. The van der Waals surface area contributed by atoms with Crippen LogP contribution in [0.1, 0.15) is 36.1 Å². The molecule has 0 aliphatic rings. The molecule has 1 aromatic heterocycles. The zero-order chi connectivity index (χ0) is 22.2. The Morgan fingerprint density at radius 3 is 2.60 bits per heavy atom. The predicted octanol–water partition coefficient (Wildman–Crippen LogP) is 4.37. The van der Waals surface area contributed by atoms with E-state index in [0.29, 0.717) is 28.3 Å². The maximum Gasteiger partial charge on any atom is 0.288 e. The van der Waals surface area contributed by atoms with Gasteiger partial charge in [-0.2, -0.15) is 0 Å². The fraction of sp³-hybridized carbons (Fsp3) is 0.250. The summed E-state index contributed by atoms with van der Waals surface area (Å²) in [6.45, 7) is 3.80.